The number of aryl methyl sites for hydroxylation is 1. The van der Waals surface area contributed by atoms with E-state index < -0.39 is 11.0 Å². The zero-order valence-corrected chi connectivity index (χ0v) is 12.3. The largest absolute Gasteiger partial charge is 0.355 e. The number of carbonyl (C=O) groups is 1. The van der Waals surface area contributed by atoms with Gasteiger partial charge in [0.05, 0.1) is 4.92 Å². The summed E-state index contributed by atoms with van der Waals surface area (Å²) in [5.74, 6) is -0.111. The van der Waals surface area contributed by atoms with Crippen molar-refractivity contribution in [3.8, 4) is 0 Å². The SMILES string of the molecule is CCNC(=O)C1CNCCN1c1cc(C)ccc1[N+](=O)[O-]. The number of likely N-dealkylation sites (N-methyl/N-ethyl adjacent to an activating group) is 1. The van der Waals surface area contributed by atoms with Crippen LogP contribution >= 0.6 is 0 Å². The number of hydrogen-bond acceptors (Lipinski definition) is 5. The van der Waals surface area contributed by atoms with E-state index in [9.17, 15) is 14.9 Å². The van der Waals surface area contributed by atoms with E-state index in [0.29, 0.717) is 31.9 Å². The molecule has 0 aliphatic carbocycles. The number of rotatable bonds is 4. The molecule has 1 amide bonds. The summed E-state index contributed by atoms with van der Waals surface area (Å²) in [6, 6.07) is 4.56. The molecule has 7 heteroatoms. The summed E-state index contributed by atoms with van der Waals surface area (Å²) in [5.41, 5.74) is 1.48. The number of nitro benzene ring substituents is 1. The van der Waals surface area contributed by atoms with Crippen molar-refractivity contribution in [2.45, 2.75) is 19.9 Å². The van der Waals surface area contributed by atoms with Crippen molar-refractivity contribution in [1.29, 1.82) is 0 Å². The van der Waals surface area contributed by atoms with Gasteiger partial charge in [-0.2, -0.15) is 0 Å². The van der Waals surface area contributed by atoms with Gasteiger partial charge in [-0.15, -0.1) is 0 Å². The maximum atomic E-state index is 12.2. The number of amides is 1. The molecule has 114 valence electrons. The second kappa shape index (κ2) is 6.53. The van der Waals surface area contributed by atoms with Crippen molar-refractivity contribution in [2.75, 3.05) is 31.1 Å². The first-order valence-corrected chi connectivity index (χ1v) is 7.04. The van der Waals surface area contributed by atoms with Crippen molar-refractivity contribution in [1.82, 2.24) is 10.6 Å². The molecule has 1 aromatic rings. The average Bonchev–Trinajstić information content (AvgIpc) is 2.47. The van der Waals surface area contributed by atoms with Crippen LogP contribution in [0, 0.1) is 17.0 Å². The Kier molecular flexibility index (Phi) is 4.74. The third-order valence-electron chi connectivity index (χ3n) is 3.53. The number of anilines is 1. The molecule has 1 aliphatic heterocycles. The van der Waals surface area contributed by atoms with Crippen LogP contribution in [0.2, 0.25) is 0 Å². The normalized spacial score (nSPS) is 18.4. The van der Waals surface area contributed by atoms with E-state index >= 15 is 0 Å². The molecule has 0 spiro atoms. The van der Waals surface area contributed by atoms with Gasteiger partial charge >= 0.3 is 0 Å². The molecule has 7 nitrogen and oxygen atoms in total. The highest BCUT2D eigenvalue weighted by Gasteiger charge is 2.32. The molecule has 2 N–H and O–H groups in total. The molecule has 1 fully saturated rings. The van der Waals surface area contributed by atoms with Crippen LogP contribution < -0.4 is 15.5 Å². The molecular weight excluding hydrogens is 272 g/mol. The molecule has 1 unspecified atom stereocenters. The Labute approximate surface area is 123 Å². The van der Waals surface area contributed by atoms with Gasteiger partial charge in [-0.05, 0) is 25.5 Å². The summed E-state index contributed by atoms with van der Waals surface area (Å²) in [7, 11) is 0. The lowest BCUT2D eigenvalue weighted by Crippen LogP contribution is -2.58. The molecule has 1 saturated heterocycles. The number of benzene rings is 1. The number of nitrogens with zero attached hydrogens (tertiary/aromatic N) is 2. The molecule has 2 rings (SSSR count). The first-order chi connectivity index (χ1) is 10.0. The van der Waals surface area contributed by atoms with Gasteiger partial charge in [-0.3, -0.25) is 14.9 Å². The van der Waals surface area contributed by atoms with E-state index in [-0.39, 0.29) is 11.6 Å². The zero-order valence-electron chi connectivity index (χ0n) is 12.3. The number of hydrogen-bond donors (Lipinski definition) is 2. The van der Waals surface area contributed by atoms with Crippen molar-refractivity contribution in [3.63, 3.8) is 0 Å². The average molecular weight is 292 g/mol. The molecule has 0 saturated carbocycles. The van der Waals surface area contributed by atoms with E-state index in [1.54, 1.807) is 12.1 Å². The molecule has 0 radical (unpaired) electrons. The minimum Gasteiger partial charge on any atom is -0.355 e. The van der Waals surface area contributed by atoms with Crippen molar-refractivity contribution >= 4 is 17.3 Å². The van der Waals surface area contributed by atoms with Crippen LogP contribution in [-0.4, -0.2) is 43.1 Å². The van der Waals surface area contributed by atoms with Crippen LogP contribution in [0.3, 0.4) is 0 Å². The first kappa shape index (κ1) is 15.2. The van der Waals surface area contributed by atoms with Crippen LogP contribution in [0.15, 0.2) is 18.2 Å². The van der Waals surface area contributed by atoms with Crippen LogP contribution in [0.1, 0.15) is 12.5 Å². The van der Waals surface area contributed by atoms with E-state index in [0.717, 1.165) is 5.56 Å². The highest BCUT2D eigenvalue weighted by Crippen LogP contribution is 2.31. The third-order valence-corrected chi connectivity index (χ3v) is 3.53. The maximum Gasteiger partial charge on any atom is 0.292 e. The molecule has 1 aromatic carbocycles. The van der Waals surface area contributed by atoms with Crippen LogP contribution in [0.5, 0.6) is 0 Å². The highest BCUT2D eigenvalue weighted by molar-refractivity contribution is 5.87. The molecule has 0 aromatic heterocycles. The maximum absolute atomic E-state index is 12.2. The zero-order chi connectivity index (χ0) is 15.4. The number of nitro groups is 1. The number of piperazine rings is 1. The predicted octanol–water partition coefficient (Wildman–Crippen LogP) is 0.818. The van der Waals surface area contributed by atoms with Gasteiger partial charge in [0.15, 0.2) is 0 Å². The van der Waals surface area contributed by atoms with Gasteiger partial charge in [-0.1, -0.05) is 6.07 Å². The molecule has 1 heterocycles. The Hall–Kier alpha value is -2.15. The Balaban J connectivity index is 2.39. The minimum atomic E-state index is -0.431. The standard InChI is InChI=1S/C14H20N4O3/c1-3-16-14(19)13-9-15-6-7-17(13)12-8-10(2)4-5-11(12)18(20)21/h4-5,8,13,15H,3,6-7,9H2,1-2H3,(H,16,19). The molecule has 21 heavy (non-hydrogen) atoms. The molecule has 0 bridgehead atoms. The van der Waals surface area contributed by atoms with Crippen molar-refractivity contribution < 1.29 is 9.72 Å². The topological polar surface area (TPSA) is 87.5 Å². The van der Waals surface area contributed by atoms with Gasteiger partial charge in [0, 0.05) is 32.2 Å². The number of nitrogens with one attached hydrogen (secondary N) is 2. The van der Waals surface area contributed by atoms with Crippen LogP contribution in [0.25, 0.3) is 0 Å². The Morgan fingerprint density at radius 1 is 1.57 bits per heavy atom. The Bertz CT molecular complexity index is 547. The first-order valence-electron chi connectivity index (χ1n) is 7.04. The van der Waals surface area contributed by atoms with Crippen LogP contribution in [-0.2, 0) is 4.79 Å². The fourth-order valence-corrected chi connectivity index (χ4v) is 2.54. The second-order valence-electron chi connectivity index (χ2n) is 5.06. The quantitative estimate of drug-likeness (QED) is 0.633. The molecule has 1 aliphatic rings. The lowest BCUT2D eigenvalue weighted by molar-refractivity contribution is -0.384. The fourth-order valence-electron chi connectivity index (χ4n) is 2.54. The van der Waals surface area contributed by atoms with Gasteiger partial charge in [0.2, 0.25) is 5.91 Å². The molecule has 1 atom stereocenters. The summed E-state index contributed by atoms with van der Waals surface area (Å²) in [5, 5.41) is 17.2. The summed E-state index contributed by atoms with van der Waals surface area (Å²) >= 11 is 0. The van der Waals surface area contributed by atoms with Gasteiger partial charge in [0.1, 0.15) is 11.7 Å². The Morgan fingerprint density at radius 3 is 3.00 bits per heavy atom. The van der Waals surface area contributed by atoms with E-state index in [1.165, 1.54) is 6.07 Å². The van der Waals surface area contributed by atoms with E-state index in [4.69, 9.17) is 0 Å². The second-order valence-corrected chi connectivity index (χ2v) is 5.06. The third kappa shape index (κ3) is 3.30. The predicted molar refractivity (Wildman–Crippen MR) is 80.5 cm³/mol. The minimum absolute atomic E-state index is 0.0387. The van der Waals surface area contributed by atoms with Crippen molar-refractivity contribution in [2.24, 2.45) is 0 Å². The van der Waals surface area contributed by atoms with Gasteiger partial charge < -0.3 is 15.5 Å². The Morgan fingerprint density at radius 2 is 2.33 bits per heavy atom. The smallest absolute Gasteiger partial charge is 0.292 e. The van der Waals surface area contributed by atoms with Gasteiger partial charge in [-0.25, -0.2) is 0 Å². The lowest BCUT2D eigenvalue weighted by atomic mass is 10.1. The monoisotopic (exact) mass is 292 g/mol. The highest BCUT2D eigenvalue weighted by atomic mass is 16.6. The van der Waals surface area contributed by atoms with E-state index in [2.05, 4.69) is 10.6 Å². The summed E-state index contributed by atoms with van der Waals surface area (Å²) < 4.78 is 0. The summed E-state index contributed by atoms with van der Waals surface area (Å²) in [6.45, 7) is 6.02. The van der Waals surface area contributed by atoms with E-state index in [1.807, 2.05) is 18.7 Å². The van der Waals surface area contributed by atoms with Gasteiger partial charge in [0.25, 0.3) is 5.69 Å². The summed E-state index contributed by atoms with van der Waals surface area (Å²) in [4.78, 5) is 24.9. The molecular formula is C14H20N4O3. The number of carbonyl (C=O) groups excluding carboxylic acids is 1. The lowest BCUT2D eigenvalue weighted by Gasteiger charge is -2.36. The fraction of sp³-hybridized carbons (Fsp3) is 0.500. The van der Waals surface area contributed by atoms with Crippen molar-refractivity contribution in [3.05, 3.63) is 33.9 Å². The summed E-state index contributed by atoms with van der Waals surface area (Å²) in [6.07, 6.45) is 0. The van der Waals surface area contributed by atoms with Crippen LogP contribution in [0.4, 0.5) is 11.4 Å².